The van der Waals surface area contributed by atoms with Crippen LogP contribution in [0.3, 0.4) is 0 Å². The van der Waals surface area contributed by atoms with E-state index in [-0.39, 0.29) is 34.3 Å². The Morgan fingerprint density at radius 1 is 1.12 bits per heavy atom. The molecule has 3 aliphatic rings. The summed E-state index contributed by atoms with van der Waals surface area (Å²) < 4.78 is 40.9. The van der Waals surface area contributed by atoms with Gasteiger partial charge in [0.2, 0.25) is 17.7 Å². The summed E-state index contributed by atoms with van der Waals surface area (Å²) in [6.07, 6.45) is 5.51. The van der Waals surface area contributed by atoms with Crippen LogP contribution in [0.5, 0.6) is 0 Å². The normalized spacial score (nSPS) is 24.2. The average molecular weight is 608 g/mol. The topological polar surface area (TPSA) is 145 Å². The van der Waals surface area contributed by atoms with Gasteiger partial charge in [-0.1, -0.05) is 6.07 Å². The first-order chi connectivity index (χ1) is 19.5. The molecule has 0 spiro atoms. The Hall–Kier alpha value is -3.19. The van der Waals surface area contributed by atoms with Gasteiger partial charge in [-0.15, -0.1) is 11.3 Å². The number of fused-ring (bicyclic) bond motifs is 2. The van der Waals surface area contributed by atoms with E-state index in [4.69, 9.17) is 9.79 Å². The molecule has 1 unspecified atom stereocenters. The van der Waals surface area contributed by atoms with E-state index in [1.54, 1.807) is 9.80 Å². The third kappa shape index (κ3) is 5.29. The quantitative estimate of drug-likeness (QED) is 0.365. The van der Waals surface area contributed by atoms with Crippen molar-refractivity contribution in [1.29, 1.82) is 0 Å². The van der Waals surface area contributed by atoms with Crippen LogP contribution in [0, 0.1) is 5.82 Å². The van der Waals surface area contributed by atoms with Crippen LogP contribution in [0.15, 0.2) is 36.7 Å². The molecule has 11 nitrogen and oxygen atoms in total. The van der Waals surface area contributed by atoms with Gasteiger partial charge >= 0.3 is 7.60 Å². The molecule has 5 heterocycles. The minimum atomic E-state index is -4.98. The summed E-state index contributed by atoms with van der Waals surface area (Å²) in [4.78, 5) is 62.1. The number of amides is 3. The fraction of sp³-hybridized carbons (Fsp3) is 0.462. The fourth-order valence-electron chi connectivity index (χ4n) is 6.01. The van der Waals surface area contributed by atoms with Crippen molar-refractivity contribution in [2.24, 2.45) is 0 Å². The first-order valence-corrected chi connectivity index (χ1v) is 15.8. The van der Waals surface area contributed by atoms with E-state index >= 15 is 0 Å². The van der Waals surface area contributed by atoms with E-state index in [2.05, 4.69) is 10.4 Å². The maximum atomic E-state index is 14.2. The first-order valence-electron chi connectivity index (χ1n) is 13.3. The molecular formula is C26H28F2N5O6PS. The van der Waals surface area contributed by atoms with Crippen molar-refractivity contribution < 1.29 is 37.5 Å². The number of likely N-dealkylation sites (tertiary alicyclic amines) is 1. The van der Waals surface area contributed by atoms with Crippen molar-refractivity contribution in [1.82, 2.24) is 24.9 Å². The lowest BCUT2D eigenvalue weighted by Crippen LogP contribution is -2.59. The fourth-order valence-corrected chi connectivity index (χ4v) is 7.51. The highest BCUT2D eigenvalue weighted by Gasteiger charge is 2.47. The van der Waals surface area contributed by atoms with Gasteiger partial charge in [-0.3, -0.25) is 23.6 Å². The molecule has 2 aromatic heterocycles. The van der Waals surface area contributed by atoms with E-state index in [1.807, 2.05) is 0 Å². The highest BCUT2D eigenvalue weighted by atomic mass is 32.1. The second-order valence-corrected chi connectivity index (χ2v) is 13.5. The van der Waals surface area contributed by atoms with Crippen molar-refractivity contribution in [3.63, 3.8) is 0 Å². The Morgan fingerprint density at radius 2 is 1.90 bits per heavy atom. The van der Waals surface area contributed by atoms with Crippen LogP contribution in [0.1, 0.15) is 59.3 Å². The number of nitrogens with one attached hydrogen (secondary N) is 1. The van der Waals surface area contributed by atoms with Crippen LogP contribution in [0.25, 0.3) is 10.1 Å². The molecule has 3 aliphatic heterocycles. The number of carbonyl (C=O) groups excluding carboxylic acids is 3. The second kappa shape index (κ2) is 10.6. The first kappa shape index (κ1) is 28.0. The van der Waals surface area contributed by atoms with Crippen molar-refractivity contribution in [2.75, 3.05) is 13.1 Å². The molecular weight excluding hydrogens is 579 g/mol. The Kier molecular flexibility index (Phi) is 7.21. The van der Waals surface area contributed by atoms with Gasteiger partial charge in [0.15, 0.2) is 5.82 Å². The monoisotopic (exact) mass is 607 g/mol. The van der Waals surface area contributed by atoms with Gasteiger partial charge in [-0.2, -0.15) is 5.10 Å². The van der Waals surface area contributed by atoms with Crippen LogP contribution in [-0.4, -0.2) is 78.3 Å². The van der Waals surface area contributed by atoms with E-state index < -0.39 is 37.3 Å². The van der Waals surface area contributed by atoms with E-state index in [1.165, 1.54) is 35.1 Å². The Bertz CT molecular complexity index is 1570. The van der Waals surface area contributed by atoms with Gasteiger partial charge in [0, 0.05) is 23.8 Å². The Labute approximate surface area is 237 Å². The van der Waals surface area contributed by atoms with E-state index in [0.29, 0.717) is 48.9 Å². The standard InChI is InChI=1S/C26H28F2N5O6PS/c27-16-10-29-32(11-16)18-12-31(13-18)26(36)20-6-5-17-2-1-3-19(25(35)33(17)20)30-24(34)22-9-15-8-14(4-7-21(15)41-22)23(28)40(37,38)39/h4,7-11,17-20,23H,1-3,5-6,12-13H2,(H,30,34)(H2,37,38,39)/t17-,19-,20-,23?/m0/s1. The van der Waals surface area contributed by atoms with Gasteiger partial charge in [0.25, 0.3) is 5.91 Å². The SMILES string of the molecule is O=C(N[C@H]1CCC[C@H]2CC[C@@H](C(=O)N3CC(n4cc(F)cn4)C3)N2C1=O)c1cc2cc(C(F)P(=O)(O)O)ccc2s1. The zero-order valence-electron chi connectivity index (χ0n) is 21.7. The maximum Gasteiger partial charge on any atom is 0.363 e. The van der Waals surface area contributed by atoms with Gasteiger partial charge in [-0.05, 0) is 61.3 Å². The predicted molar refractivity (Wildman–Crippen MR) is 144 cm³/mol. The molecule has 3 amide bonds. The summed E-state index contributed by atoms with van der Waals surface area (Å²) in [5.41, 5.74) is -0.185. The molecule has 218 valence electrons. The lowest BCUT2D eigenvalue weighted by Gasteiger charge is -2.42. The summed E-state index contributed by atoms with van der Waals surface area (Å²) in [7, 11) is -4.98. The number of nitrogens with zero attached hydrogens (tertiary/aromatic N) is 4. The molecule has 15 heteroatoms. The summed E-state index contributed by atoms with van der Waals surface area (Å²) >= 11 is 1.12. The Balaban J connectivity index is 1.14. The maximum absolute atomic E-state index is 14.2. The molecule has 3 saturated heterocycles. The van der Waals surface area contributed by atoms with Gasteiger partial charge < -0.3 is 24.9 Å². The molecule has 3 fully saturated rings. The summed E-state index contributed by atoms with van der Waals surface area (Å²) in [5.74, 6) is -3.85. The molecule has 3 aromatic rings. The van der Waals surface area contributed by atoms with Gasteiger partial charge in [0.05, 0.1) is 23.3 Å². The molecule has 4 atom stereocenters. The molecule has 0 radical (unpaired) electrons. The molecule has 0 saturated carbocycles. The van der Waals surface area contributed by atoms with Crippen LogP contribution in [0.4, 0.5) is 8.78 Å². The van der Waals surface area contributed by atoms with Gasteiger partial charge in [0.1, 0.15) is 12.1 Å². The minimum Gasteiger partial charge on any atom is -0.340 e. The smallest absolute Gasteiger partial charge is 0.340 e. The number of hydrogen-bond donors (Lipinski definition) is 3. The highest BCUT2D eigenvalue weighted by Crippen LogP contribution is 2.53. The number of thiophene rings is 1. The van der Waals surface area contributed by atoms with Crippen molar-refractivity contribution >= 4 is 46.7 Å². The van der Waals surface area contributed by atoms with Crippen LogP contribution < -0.4 is 5.32 Å². The summed E-state index contributed by atoms with van der Waals surface area (Å²) in [6.45, 7) is 0.766. The summed E-state index contributed by atoms with van der Waals surface area (Å²) in [6, 6.07) is 3.95. The van der Waals surface area contributed by atoms with E-state index in [9.17, 15) is 27.7 Å². The molecule has 6 rings (SSSR count). The van der Waals surface area contributed by atoms with Crippen LogP contribution in [0.2, 0.25) is 0 Å². The third-order valence-corrected chi connectivity index (χ3v) is 10.1. The van der Waals surface area contributed by atoms with Crippen molar-refractivity contribution in [3.8, 4) is 0 Å². The zero-order chi connectivity index (χ0) is 29.1. The van der Waals surface area contributed by atoms with Crippen molar-refractivity contribution in [3.05, 3.63) is 52.9 Å². The number of benzene rings is 1. The highest BCUT2D eigenvalue weighted by molar-refractivity contribution is 7.51. The third-order valence-electron chi connectivity index (χ3n) is 8.13. The molecule has 0 bridgehead atoms. The molecule has 0 aliphatic carbocycles. The van der Waals surface area contributed by atoms with Crippen LogP contribution >= 0.6 is 18.9 Å². The van der Waals surface area contributed by atoms with Crippen molar-refractivity contribution in [2.45, 2.75) is 62.2 Å². The molecule has 41 heavy (non-hydrogen) atoms. The van der Waals surface area contributed by atoms with Crippen LogP contribution in [-0.2, 0) is 14.2 Å². The predicted octanol–water partition coefficient (Wildman–Crippen LogP) is 3.11. The number of aromatic nitrogens is 2. The van der Waals surface area contributed by atoms with Gasteiger partial charge in [-0.25, -0.2) is 8.78 Å². The molecule has 1 aromatic carbocycles. The number of halogens is 2. The van der Waals surface area contributed by atoms with E-state index in [0.717, 1.165) is 24.0 Å². The summed E-state index contributed by atoms with van der Waals surface area (Å²) in [5, 5.41) is 7.24. The molecule has 3 N–H and O–H groups in total. The second-order valence-electron chi connectivity index (χ2n) is 10.8. The zero-order valence-corrected chi connectivity index (χ0v) is 23.4. The number of hydrogen-bond acceptors (Lipinski definition) is 6. The largest absolute Gasteiger partial charge is 0.363 e. The average Bonchev–Trinajstić information content (AvgIpc) is 3.61. The minimum absolute atomic E-state index is 0.0824. The lowest BCUT2D eigenvalue weighted by atomic mass is 10.0. The number of rotatable bonds is 6. The number of carbonyl (C=O) groups is 3. The lowest BCUT2D eigenvalue weighted by molar-refractivity contribution is -0.149. The Morgan fingerprint density at radius 3 is 2.61 bits per heavy atom. The number of alkyl halides is 1.